The number of amides is 1. The summed E-state index contributed by atoms with van der Waals surface area (Å²) in [6.07, 6.45) is 1.06. The summed E-state index contributed by atoms with van der Waals surface area (Å²) in [7, 11) is 0. The number of aromatic nitrogens is 1. The molecule has 3 rings (SSSR count). The number of carbonyl (C=O) groups excluding carboxylic acids is 1. The van der Waals surface area contributed by atoms with Crippen molar-refractivity contribution in [2.75, 3.05) is 13.1 Å². The molecule has 3 N–H and O–H groups in total. The molecule has 0 spiro atoms. The van der Waals surface area contributed by atoms with Gasteiger partial charge in [0.05, 0.1) is 11.1 Å². The summed E-state index contributed by atoms with van der Waals surface area (Å²) in [5.41, 5.74) is 7.85. The number of hydrogen-bond donors (Lipinski definition) is 2. The summed E-state index contributed by atoms with van der Waals surface area (Å²) in [4.78, 5) is 16.2. The fraction of sp³-hybridized carbons (Fsp3) is 0.286. The topological polar surface area (TPSA) is 68.0 Å². The van der Waals surface area contributed by atoms with E-state index in [0.717, 1.165) is 36.1 Å². The van der Waals surface area contributed by atoms with Crippen LogP contribution in [0.4, 0.5) is 0 Å². The lowest BCUT2D eigenvalue weighted by atomic mass is 9.99. The first kappa shape index (κ1) is 11.2. The molecule has 1 aliphatic rings. The van der Waals surface area contributed by atoms with Gasteiger partial charge in [0.2, 0.25) is 5.91 Å². The molecule has 18 heavy (non-hydrogen) atoms. The van der Waals surface area contributed by atoms with Crippen LogP contribution >= 0.6 is 0 Å². The van der Waals surface area contributed by atoms with Gasteiger partial charge in [0, 0.05) is 23.5 Å². The van der Waals surface area contributed by atoms with E-state index < -0.39 is 0 Å². The molecule has 1 fully saturated rings. The molecule has 92 valence electrons. The molecule has 4 heteroatoms. The second kappa shape index (κ2) is 4.38. The number of rotatable bonds is 2. The Hall–Kier alpha value is -1.94. The zero-order valence-electron chi connectivity index (χ0n) is 10.0. The monoisotopic (exact) mass is 241 g/mol. The number of nitrogens with two attached hydrogens (primary N) is 1. The Morgan fingerprint density at radius 2 is 2.22 bits per heavy atom. The van der Waals surface area contributed by atoms with E-state index >= 15 is 0 Å². The van der Waals surface area contributed by atoms with E-state index in [0.29, 0.717) is 11.5 Å². The highest BCUT2D eigenvalue weighted by atomic mass is 16.1. The molecule has 1 aliphatic heterocycles. The number of fused-ring (bicyclic) bond motifs is 1. The molecule has 0 unspecified atom stereocenters. The maximum Gasteiger partial charge on any atom is 0.249 e. The van der Waals surface area contributed by atoms with Crippen LogP contribution in [0.1, 0.15) is 28.4 Å². The Morgan fingerprint density at radius 1 is 1.39 bits per heavy atom. The van der Waals surface area contributed by atoms with Crippen LogP contribution in [0.2, 0.25) is 0 Å². The van der Waals surface area contributed by atoms with Crippen LogP contribution in [0.3, 0.4) is 0 Å². The Kier molecular flexibility index (Phi) is 2.72. The molecule has 0 radical (unpaired) electrons. The van der Waals surface area contributed by atoms with Gasteiger partial charge in [-0.15, -0.1) is 0 Å². The zero-order valence-corrected chi connectivity index (χ0v) is 10.0. The van der Waals surface area contributed by atoms with Crippen LogP contribution < -0.4 is 11.1 Å². The van der Waals surface area contributed by atoms with Crippen LogP contribution in [0.5, 0.6) is 0 Å². The minimum atomic E-state index is -0.388. The van der Waals surface area contributed by atoms with E-state index in [9.17, 15) is 4.79 Å². The van der Waals surface area contributed by atoms with Crippen molar-refractivity contribution in [1.82, 2.24) is 10.3 Å². The average molecular weight is 241 g/mol. The smallest absolute Gasteiger partial charge is 0.249 e. The van der Waals surface area contributed by atoms with Crippen LogP contribution in [-0.2, 0) is 0 Å². The number of carbonyl (C=O) groups is 1. The maximum absolute atomic E-state index is 11.6. The van der Waals surface area contributed by atoms with Gasteiger partial charge in [0.15, 0.2) is 0 Å². The predicted molar refractivity (Wildman–Crippen MR) is 70.5 cm³/mol. The van der Waals surface area contributed by atoms with Crippen molar-refractivity contribution >= 4 is 16.8 Å². The van der Waals surface area contributed by atoms with Gasteiger partial charge >= 0.3 is 0 Å². The van der Waals surface area contributed by atoms with Crippen molar-refractivity contribution in [2.24, 2.45) is 5.73 Å². The van der Waals surface area contributed by atoms with Crippen molar-refractivity contribution in [2.45, 2.75) is 12.3 Å². The van der Waals surface area contributed by atoms with E-state index in [-0.39, 0.29) is 5.91 Å². The highest BCUT2D eigenvalue weighted by Crippen LogP contribution is 2.25. The second-order valence-corrected chi connectivity index (χ2v) is 4.67. The Bertz CT molecular complexity index is 603. The van der Waals surface area contributed by atoms with Gasteiger partial charge in [-0.1, -0.05) is 18.2 Å². The molecular formula is C14H15N3O. The first-order valence-corrected chi connectivity index (χ1v) is 6.16. The molecule has 0 aliphatic carbocycles. The van der Waals surface area contributed by atoms with Crippen LogP contribution in [0.15, 0.2) is 30.3 Å². The van der Waals surface area contributed by atoms with Crippen LogP contribution in [0, 0.1) is 0 Å². The zero-order chi connectivity index (χ0) is 12.5. The summed E-state index contributed by atoms with van der Waals surface area (Å²) in [5.74, 6) is -0.00601. The number of para-hydroxylation sites is 1. The Morgan fingerprint density at radius 3 is 2.94 bits per heavy atom. The fourth-order valence-electron chi connectivity index (χ4n) is 2.52. The number of hydrogen-bond acceptors (Lipinski definition) is 3. The summed E-state index contributed by atoms with van der Waals surface area (Å²) >= 11 is 0. The van der Waals surface area contributed by atoms with Crippen molar-refractivity contribution in [3.8, 4) is 0 Å². The third-order valence-corrected chi connectivity index (χ3v) is 3.48. The molecule has 1 atom stereocenters. The summed E-state index contributed by atoms with van der Waals surface area (Å²) < 4.78 is 0. The SMILES string of the molecule is NC(=O)c1cc([C@@H]2CCNC2)nc2ccccc12. The number of primary amides is 1. The number of nitrogens with zero attached hydrogens (tertiary/aromatic N) is 1. The normalized spacial score (nSPS) is 19.2. The molecule has 0 bridgehead atoms. The third-order valence-electron chi connectivity index (χ3n) is 3.48. The third kappa shape index (κ3) is 1.84. The maximum atomic E-state index is 11.6. The average Bonchev–Trinajstić information content (AvgIpc) is 2.91. The fourth-order valence-corrected chi connectivity index (χ4v) is 2.52. The minimum Gasteiger partial charge on any atom is -0.366 e. The molecule has 4 nitrogen and oxygen atoms in total. The van der Waals surface area contributed by atoms with Crippen LogP contribution in [-0.4, -0.2) is 24.0 Å². The standard InChI is InChI=1S/C14H15N3O/c15-14(18)11-7-13(9-5-6-16-8-9)17-12-4-2-1-3-10(11)12/h1-4,7,9,16H,5-6,8H2,(H2,15,18)/t9-/m1/s1. The van der Waals surface area contributed by atoms with Crippen molar-refractivity contribution in [3.63, 3.8) is 0 Å². The molecule has 2 aromatic rings. The van der Waals surface area contributed by atoms with Gasteiger partial charge in [-0.05, 0) is 25.1 Å². The lowest BCUT2D eigenvalue weighted by molar-refractivity contribution is 0.100. The first-order valence-electron chi connectivity index (χ1n) is 6.16. The van der Waals surface area contributed by atoms with Gasteiger partial charge in [-0.25, -0.2) is 0 Å². The van der Waals surface area contributed by atoms with E-state index in [1.54, 1.807) is 0 Å². The minimum absolute atomic E-state index is 0.382. The summed E-state index contributed by atoms with van der Waals surface area (Å²) in [6, 6.07) is 9.49. The number of benzene rings is 1. The van der Waals surface area contributed by atoms with Gasteiger partial charge in [0.1, 0.15) is 0 Å². The van der Waals surface area contributed by atoms with E-state index in [4.69, 9.17) is 5.73 Å². The summed E-state index contributed by atoms with van der Waals surface area (Å²) in [5, 5.41) is 4.14. The Labute approximate surface area is 105 Å². The molecule has 0 saturated carbocycles. The summed E-state index contributed by atoms with van der Waals surface area (Å²) in [6.45, 7) is 1.93. The number of nitrogens with one attached hydrogen (secondary N) is 1. The van der Waals surface area contributed by atoms with E-state index in [1.807, 2.05) is 30.3 Å². The largest absolute Gasteiger partial charge is 0.366 e. The highest BCUT2D eigenvalue weighted by molar-refractivity contribution is 6.05. The van der Waals surface area contributed by atoms with E-state index in [1.165, 1.54) is 0 Å². The van der Waals surface area contributed by atoms with Gasteiger partial charge in [0.25, 0.3) is 0 Å². The first-order chi connectivity index (χ1) is 8.75. The Balaban J connectivity index is 2.19. The van der Waals surface area contributed by atoms with Crippen molar-refractivity contribution in [3.05, 3.63) is 41.6 Å². The van der Waals surface area contributed by atoms with E-state index in [2.05, 4.69) is 10.3 Å². The van der Waals surface area contributed by atoms with Gasteiger partial charge in [-0.3, -0.25) is 9.78 Å². The van der Waals surface area contributed by atoms with Crippen molar-refractivity contribution in [1.29, 1.82) is 0 Å². The number of pyridine rings is 1. The van der Waals surface area contributed by atoms with Crippen molar-refractivity contribution < 1.29 is 4.79 Å². The lowest BCUT2D eigenvalue weighted by Crippen LogP contribution is -2.14. The lowest BCUT2D eigenvalue weighted by Gasteiger charge is -2.11. The molecule has 2 heterocycles. The van der Waals surface area contributed by atoms with Gasteiger partial charge < -0.3 is 11.1 Å². The molecular weight excluding hydrogens is 226 g/mol. The predicted octanol–water partition coefficient (Wildman–Crippen LogP) is 1.41. The highest BCUT2D eigenvalue weighted by Gasteiger charge is 2.20. The quantitative estimate of drug-likeness (QED) is 0.835. The molecule has 1 saturated heterocycles. The molecule has 1 aromatic carbocycles. The van der Waals surface area contributed by atoms with Gasteiger partial charge in [-0.2, -0.15) is 0 Å². The molecule has 1 amide bonds. The molecule has 1 aromatic heterocycles. The second-order valence-electron chi connectivity index (χ2n) is 4.67. The van der Waals surface area contributed by atoms with Crippen LogP contribution in [0.25, 0.3) is 10.9 Å².